The first-order valence-electron chi connectivity index (χ1n) is 3.02. The van der Waals surface area contributed by atoms with E-state index in [9.17, 15) is 10.1 Å². The van der Waals surface area contributed by atoms with Gasteiger partial charge in [0, 0.05) is 13.1 Å². The quantitative estimate of drug-likeness (QED) is 0.509. The summed E-state index contributed by atoms with van der Waals surface area (Å²) in [5.41, 5.74) is 0.760. The Morgan fingerprint density at radius 2 is 2.36 bits per heavy atom. The summed E-state index contributed by atoms with van der Waals surface area (Å²) in [5, 5.41) is 12.9. The van der Waals surface area contributed by atoms with Crippen molar-refractivity contribution in [3.05, 3.63) is 28.4 Å². The molecule has 1 N–H and O–H groups in total. The highest BCUT2D eigenvalue weighted by Gasteiger charge is 2.04. The molecule has 1 aromatic rings. The summed E-state index contributed by atoms with van der Waals surface area (Å²) < 4.78 is 0. The molecule has 5 heteroatoms. The van der Waals surface area contributed by atoms with Gasteiger partial charge in [-0.1, -0.05) is 0 Å². The molecule has 0 atom stereocenters. The summed E-state index contributed by atoms with van der Waals surface area (Å²) in [4.78, 5) is 13.2. The molecule has 0 unspecified atom stereocenters. The van der Waals surface area contributed by atoms with Gasteiger partial charge in [0.25, 0.3) is 0 Å². The predicted octanol–water partition coefficient (Wildman–Crippen LogP) is 1.03. The minimum Gasteiger partial charge on any atom is -0.385 e. The molecule has 0 aliphatic rings. The molecule has 0 amide bonds. The Morgan fingerprint density at radius 3 is 2.73 bits per heavy atom. The van der Waals surface area contributed by atoms with Crippen LogP contribution in [0.25, 0.3) is 0 Å². The van der Waals surface area contributed by atoms with E-state index in [1.807, 2.05) is 0 Å². The van der Waals surface area contributed by atoms with Crippen LogP contribution in [0, 0.1) is 10.1 Å². The molecule has 0 saturated heterocycles. The second kappa shape index (κ2) is 2.96. The molecule has 1 aromatic heterocycles. The Morgan fingerprint density at radius 1 is 1.64 bits per heavy atom. The normalized spacial score (nSPS) is 9.18. The largest absolute Gasteiger partial charge is 0.385 e. The number of nitrogens with zero attached hydrogens (tertiary/aromatic N) is 2. The van der Waals surface area contributed by atoms with Crippen LogP contribution in [0.3, 0.4) is 0 Å². The van der Waals surface area contributed by atoms with Gasteiger partial charge in [-0.3, -0.25) is 0 Å². The summed E-state index contributed by atoms with van der Waals surface area (Å²) in [6, 6.07) is 2.96. The van der Waals surface area contributed by atoms with Gasteiger partial charge in [-0.05, 0) is 16.0 Å². The van der Waals surface area contributed by atoms with E-state index in [2.05, 4.69) is 10.3 Å². The van der Waals surface area contributed by atoms with Crippen LogP contribution in [0.5, 0.6) is 0 Å². The summed E-state index contributed by atoms with van der Waals surface area (Å²) >= 11 is 0. The summed E-state index contributed by atoms with van der Waals surface area (Å²) in [6.07, 6.45) is 1.41. The monoisotopic (exact) mass is 153 g/mol. The zero-order valence-electron chi connectivity index (χ0n) is 5.94. The van der Waals surface area contributed by atoms with Crippen LogP contribution in [-0.2, 0) is 0 Å². The van der Waals surface area contributed by atoms with Gasteiger partial charge in [-0.15, -0.1) is 0 Å². The topological polar surface area (TPSA) is 68.1 Å². The minimum atomic E-state index is -0.528. The van der Waals surface area contributed by atoms with E-state index in [0.717, 1.165) is 5.69 Å². The fourth-order valence-electron chi connectivity index (χ4n) is 0.642. The van der Waals surface area contributed by atoms with Crippen LogP contribution in [-0.4, -0.2) is 17.0 Å². The van der Waals surface area contributed by atoms with Crippen molar-refractivity contribution in [1.82, 2.24) is 4.98 Å². The second-order valence-electron chi connectivity index (χ2n) is 1.91. The number of hydrogen-bond acceptors (Lipinski definition) is 4. The van der Waals surface area contributed by atoms with Crippen LogP contribution in [0.1, 0.15) is 0 Å². The SMILES string of the molecule is CNc1ccc([N+](=O)[O-])nc1. The second-order valence-corrected chi connectivity index (χ2v) is 1.91. The number of nitro groups is 1. The van der Waals surface area contributed by atoms with Crippen LogP contribution in [0.2, 0.25) is 0 Å². The van der Waals surface area contributed by atoms with Gasteiger partial charge in [0.2, 0.25) is 0 Å². The molecule has 0 bridgehead atoms. The van der Waals surface area contributed by atoms with E-state index in [4.69, 9.17) is 0 Å². The standard InChI is InChI=1S/C6H7N3O2/c1-7-5-2-3-6(8-4-5)9(10)11/h2-4,7H,1H3. The van der Waals surface area contributed by atoms with Crippen molar-refractivity contribution in [2.75, 3.05) is 12.4 Å². The Balaban J connectivity index is 2.91. The number of rotatable bonds is 2. The number of nitrogens with one attached hydrogen (secondary N) is 1. The summed E-state index contributed by atoms with van der Waals surface area (Å²) in [5.74, 6) is -0.135. The molecule has 0 aliphatic carbocycles. The van der Waals surface area contributed by atoms with E-state index in [1.165, 1.54) is 12.3 Å². The molecule has 0 spiro atoms. The molecular formula is C6H7N3O2. The van der Waals surface area contributed by atoms with Crippen LogP contribution in [0.4, 0.5) is 11.5 Å². The number of hydrogen-bond donors (Lipinski definition) is 1. The molecular weight excluding hydrogens is 146 g/mol. The van der Waals surface area contributed by atoms with Gasteiger partial charge in [0.1, 0.15) is 0 Å². The maximum atomic E-state index is 10.1. The van der Waals surface area contributed by atoms with Crippen molar-refractivity contribution >= 4 is 11.5 Å². The highest BCUT2D eigenvalue weighted by atomic mass is 16.6. The van der Waals surface area contributed by atoms with Crippen LogP contribution < -0.4 is 5.32 Å². The molecule has 5 nitrogen and oxygen atoms in total. The van der Waals surface area contributed by atoms with E-state index in [1.54, 1.807) is 13.1 Å². The van der Waals surface area contributed by atoms with Crippen molar-refractivity contribution in [3.63, 3.8) is 0 Å². The fourth-order valence-corrected chi connectivity index (χ4v) is 0.642. The molecule has 11 heavy (non-hydrogen) atoms. The lowest BCUT2D eigenvalue weighted by atomic mass is 10.4. The predicted molar refractivity (Wildman–Crippen MR) is 40.4 cm³/mol. The molecule has 1 heterocycles. The number of pyridine rings is 1. The Kier molecular flexibility index (Phi) is 2.00. The Bertz CT molecular complexity index is 257. The van der Waals surface area contributed by atoms with E-state index < -0.39 is 4.92 Å². The first-order valence-corrected chi connectivity index (χ1v) is 3.02. The maximum Gasteiger partial charge on any atom is 0.363 e. The third kappa shape index (κ3) is 1.64. The first kappa shape index (κ1) is 7.46. The van der Waals surface area contributed by atoms with E-state index >= 15 is 0 Å². The first-order chi connectivity index (χ1) is 5.24. The molecule has 58 valence electrons. The van der Waals surface area contributed by atoms with Crippen molar-refractivity contribution in [2.24, 2.45) is 0 Å². The van der Waals surface area contributed by atoms with Crippen LogP contribution in [0.15, 0.2) is 18.3 Å². The van der Waals surface area contributed by atoms with Crippen molar-refractivity contribution in [1.29, 1.82) is 0 Å². The third-order valence-electron chi connectivity index (χ3n) is 1.22. The van der Waals surface area contributed by atoms with Crippen molar-refractivity contribution in [2.45, 2.75) is 0 Å². The van der Waals surface area contributed by atoms with Crippen LogP contribution >= 0.6 is 0 Å². The lowest BCUT2D eigenvalue weighted by Crippen LogP contribution is -1.93. The summed E-state index contributed by atoms with van der Waals surface area (Å²) in [7, 11) is 1.73. The molecule has 0 aliphatic heterocycles. The minimum absolute atomic E-state index is 0.135. The molecule has 1 rings (SSSR count). The highest BCUT2D eigenvalue weighted by Crippen LogP contribution is 2.09. The Labute approximate surface area is 63.2 Å². The smallest absolute Gasteiger partial charge is 0.363 e. The molecule has 0 aromatic carbocycles. The van der Waals surface area contributed by atoms with Crippen molar-refractivity contribution < 1.29 is 4.92 Å². The van der Waals surface area contributed by atoms with Crippen molar-refractivity contribution in [3.8, 4) is 0 Å². The fraction of sp³-hybridized carbons (Fsp3) is 0.167. The molecule has 0 fully saturated rings. The zero-order chi connectivity index (χ0) is 8.27. The number of aromatic nitrogens is 1. The zero-order valence-corrected chi connectivity index (χ0v) is 5.94. The lowest BCUT2D eigenvalue weighted by molar-refractivity contribution is -0.389. The van der Waals surface area contributed by atoms with E-state index in [0.29, 0.717) is 0 Å². The van der Waals surface area contributed by atoms with Gasteiger partial charge in [-0.2, -0.15) is 0 Å². The lowest BCUT2D eigenvalue weighted by Gasteiger charge is -1.94. The highest BCUT2D eigenvalue weighted by molar-refractivity contribution is 5.42. The average Bonchev–Trinajstić information content (AvgIpc) is 2.05. The van der Waals surface area contributed by atoms with Gasteiger partial charge < -0.3 is 15.4 Å². The number of anilines is 1. The molecule has 0 saturated carbocycles. The van der Waals surface area contributed by atoms with Gasteiger partial charge in [0.05, 0.1) is 5.69 Å². The van der Waals surface area contributed by atoms with Gasteiger partial charge in [0.15, 0.2) is 6.20 Å². The maximum absolute atomic E-state index is 10.1. The summed E-state index contributed by atoms with van der Waals surface area (Å²) in [6.45, 7) is 0. The third-order valence-corrected chi connectivity index (χ3v) is 1.22. The Hall–Kier alpha value is -1.65. The van der Waals surface area contributed by atoms with Gasteiger partial charge in [-0.25, -0.2) is 0 Å². The van der Waals surface area contributed by atoms with E-state index in [-0.39, 0.29) is 5.82 Å². The average molecular weight is 153 g/mol. The molecule has 0 radical (unpaired) electrons. The van der Waals surface area contributed by atoms with Gasteiger partial charge >= 0.3 is 5.82 Å².